The third kappa shape index (κ3) is 4.05. The summed E-state index contributed by atoms with van der Waals surface area (Å²) in [6, 6.07) is 4.89. The molecule has 0 radical (unpaired) electrons. The monoisotopic (exact) mass is 248 g/mol. The zero-order valence-corrected chi connectivity index (χ0v) is 9.71. The molecule has 0 amide bonds. The quantitative estimate of drug-likeness (QED) is 0.832. The standard InChI is InChI=1S/C11H15F3N2O/c1-16(6-5-11(12,13)14)10-4-3-8(17-2)7-9(10)15/h3-4,7H,5-6,15H2,1-2H3. The van der Waals surface area contributed by atoms with Crippen LogP contribution in [0.1, 0.15) is 6.42 Å². The summed E-state index contributed by atoms with van der Waals surface area (Å²) >= 11 is 0. The van der Waals surface area contributed by atoms with Crippen LogP contribution in [0.2, 0.25) is 0 Å². The molecule has 0 saturated heterocycles. The molecule has 2 N–H and O–H groups in total. The Morgan fingerprint density at radius 3 is 2.47 bits per heavy atom. The van der Waals surface area contributed by atoms with Crippen molar-refractivity contribution < 1.29 is 17.9 Å². The van der Waals surface area contributed by atoms with Gasteiger partial charge in [-0.05, 0) is 12.1 Å². The molecule has 0 aliphatic carbocycles. The summed E-state index contributed by atoms with van der Waals surface area (Å²) in [5.74, 6) is 0.579. The lowest BCUT2D eigenvalue weighted by molar-refractivity contribution is -0.132. The fourth-order valence-corrected chi connectivity index (χ4v) is 1.42. The first-order valence-corrected chi connectivity index (χ1v) is 5.05. The predicted molar refractivity (Wildman–Crippen MR) is 61.3 cm³/mol. The topological polar surface area (TPSA) is 38.5 Å². The van der Waals surface area contributed by atoms with Crippen LogP contribution < -0.4 is 15.4 Å². The van der Waals surface area contributed by atoms with Gasteiger partial charge in [-0.2, -0.15) is 13.2 Å². The summed E-state index contributed by atoms with van der Waals surface area (Å²) in [4.78, 5) is 1.47. The number of methoxy groups -OCH3 is 1. The van der Waals surface area contributed by atoms with Gasteiger partial charge in [0.25, 0.3) is 0 Å². The van der Waals surface area contributed by atoms with Gasteiger partial charge in [0.1, 0.15) is 5.75 Å². The van der Waals surface area contributed by atoms with E-state index in [1.54, 1.807) is 25.2 Å². The highest BCUT2D eigenvalue weighted by Crippen LogP contribution is 2.28. The summed E-state index contributed by atoms with van der Waals surface area (Å²) < 4.78 is 41.2. The Morgan fingerprint density at radius 2 is 2.00 bits per heavy atom. The first kappa shape index (κ1) is 13.5. The summed E-state index contributed by atoms with van der Waals surface area (Å²) in [6.07, 6.45) is -5.02. The highest BCUT2D eigenvalue weighted by atomic mass is 19.4. The van der Waals surface area contributed by atoms with Gasteiger partial charge < -0.3 is 15.4 Å². The van der Waals surface area contributed by atoms with Crippen LogP contribution in [0.5, 0.6) is 5.75 Å². The van der Waals surface area contributed by atoms with Crippen molar-refractivity contribution in [2.45, 2.75) is 12.6 Å². The van der Waals surface area contributed by atoms with E-state index in [9.17, 15) is 13.2 Å². The first-order chi connectivity index (χ1) is 7.83. The molecule has 0 aliphatic rings. The van der Waals surface area contributed by atoms with Crippen molar-refractivity contribution in [3.8, 4) is 5.75 Å². The number of halogens is 3. The maximum absolute atomic E-state index is 12.1. The van der Waals surface area contributed by atoms with E-state index < -0.39 is 12.6 Å². The zero-order valence-electron chi connectivity index (χ0n) is 9.71. The van der Waals surface area contributed by atoms with Gasteiger partial charge in [0.2, 0.25) is 0 Å². The number of alkyl halides is 3. The largest absolute Gasteiger partial charge is 0.497 e. The molecule has 17 heavy (non-hydrogen) atoms. The van der Waals surface area contributed by atoms with Crippen molar-refractivity contribution in [1.29, 1.82) is 0 Å². The summed E-state index contributed by atoms with van der Waals surface area (Å²) in [5, 5.41) is 0. The Morgan fingerprint density at radius 1 is 1.35 bits per heavy atom. The number of ether oxygens (including phenoxy) is 1. The van der Waals surface area contributed by atoms with Crippen molar-refractivity contribution in [2.24, 2.45) is 0 Å². The van der Waals surface area contributed by atoms with Gasteiger partial charge in [-0.3, -0.25) is 0 Å². The molecule has 1 aromatic rings. The van der Waals surface area contributed by atoms with E-state index in [1.165, 1.54) is 12.0 Å². The SMILES string of the molecule is COc1ccc(N(C)CCC(F)(F)F)c(N)c1. The van der Waals surface area contributed by atoms with Gasteiger partial charge in [-0.25, -0.2) is 0 Å². The molecule has 0 aromatic heterocycles. The average Bonchev–Trinajstić information content (AvgIpc) is 2.24. The molecular formula is C11H15F3N2O. The number of nitrogens with zero attached hydrogens (tertiary/aromatic N) is 1. The number of nitrogens with two attached hydrogens (primary N) is 1. The predicted octanol–water partition coefficient (Wildman–Crippen LogP) is 2.67. The van der Waals surface area contributed by atoms with Crippen LogP contribution in [0.4, 0.5) is 24.5 Å². The maximum Gasteiger partial charge on any atom is 0.390 e. The Balaban J connectivity index is 2.72. The Bertz CT molecular complexity index is 379. The lowest BCUT2D eigenvalue weighted by Gasteiger charge is -2.22. The second-order valence-corrected chi connectivity index (χ2v) is 3.71. The Labute approximate surface area is 98.0 Å². The van der Waals surface area contributed by atoms with Crippen molar-refractivity contribution in [1.82, 2.24) is 0 Å². The van der Waals surface area contributed by atoms with Crippen LogP contribution in [-0.2, 0) is 0 Å². The number of benzene rings is 1. The zero-order chi connectivity index (χ0) is 13.1. The summed E-state index contributed by atoms with van der Waals surface area (Å²) in [5.41, 5.74) is 6.70. The molecule has 0 fully saturated rings. The van der Waals surface area contributed by atoms with Gasteiger partial charge in [-0.15, -0.1) is 0 Å². The molecule has 0 spiro atoms. The van der Waals surface area contributed by atoms with Gasteiger partial charge in [0.15, 0.2) is 0 Å². The minimum atomic E-state index is -4.16. The van der Waals surface area contributed by atoms with E-state index in [2.05, 4.69) is 0 Å². The molecule has 1 aromatic carbocycles. The van der Waals surface area contributed by atoms with Crippen LogP contribution in [0, 0.1) is 0 Å². The lowest BCUT2D eigenvalue weighted by Crippen LogP contribution is -2.24. The Kier molecular flexibility index (Phi) is 4.09. The third-order valence-corrected chi connectivity index (χ3v) is 2.38. The fraction of sp³-hybridized carbons (Fsp3) is 0.455. The van der Waals surface area contributed by atoms with E-state index in [1.807, 2.05) is 0 Å². The highest BCUT2D eigenvalue weighted by Gasteiger charge is 2.27. The molecule has 1 rings (SSSR count). The minimum absolute atomic E-state index is 0.125. The number of rotatable bonds is 4. The summed E-state index contributed by atoms with van der Waals surface area (Å²) in [6.45, 7) is -0.125. The molecule has 0 saturated carbocycles. The minimum Gasteiger partial charge on any atom is -0.497 e. The smallest absolute Gasteiger partial charge is 0.390 e. The molecule has 0 unspecified atom stereocenters. The molecule has 6 heteroatoms. The second-order valence-electron chi connectivity index (χ2n) is 3.71. The summed E-state index contributed by atoms with van der Waals surface area (Å²) in [7, 11) is 3.08. The molecule has 0 atom stereocenters. The lowest BCUT2D eigenvalue weighted by atomic mass is 10.2. The van der Waals surface area contributed by atoms with E-state index in [4.69, 9.17) is 10.5 Å². The second kappa shape index (κ2) is 5.16. The van der Waals surface area contributed by atoms with Gasteiger partial charge >= 0.3 is 6.18 Å². The van der Waals surface area contributed by atoms with Crippen LogP contribution in [-0.4, -0.2) is 26.9 Å². The molecule has 0 heterocycles. The van der Waals surface area contributed by atoms with Crippen molar-refractivity contribution >= 4 is 11.4 Å². The molecule has 96 valence electrons. The van der Waals surface area contributed by atoms with Crippen LogP contribution in [0.15, 0.2) is 18.2 Å². The van der Waals surface area contributed by atoms with E-state index >= 15 is 0 Å². The fourth-order valence-electron chi connectivity index (χ4n) is 1.42. The molecule has 3 nitrogen and oxygen atoms in total. The number of hydrogen-bond donors (Lipinski definition) is 1. The maximum atomic E-state index is 12.1. The molecule has 0 bridgehead atoms. The van der Waals surface area contributed by atoms with Gasteiger partial charge in [0.05, 0.1) is 24.9 Å². The first-order valence-electron chi connectivity index (χ1n) is 5.05. The van der Waals surface area contributed by atoms with Crippen LogP contribution in [0.3, 0.4) is 0 Å². The number of nitrogen functional groups attached to an aromatic ring is 1. The van der Waals surface area contributed by atoms with Crippen molar-refractivity contribution in [2.75, 3.05) is 31.3 Å². The highest BCUT2D eigenvalue weighted by molar-refractivity contribution is 5.69. The van der Waals surface area contributed by atoms with Crippen molar-refractivity contribution in [3.05, 3.63) is 18.2 Å². The Hall–Kier alpha value is -1.59. The third-order valence-electron chi connectivity index (χ3n) is 2.38. The average molecular weight is 248 g/mol. The van der Waals surface area contributed by atoms with Crippen LogP contribution >= 0.6 is 0 Å². The van der Waals surface area contributed by atoms with Crippen molar-refractivity contribution in [3.63, 3.8) is 0 Å². The molecular weight excluding hydrogens is 233 g/mol. The normalized spacial score (nSPS) is 11.4. The van der Waals surface area contributed by atoms with E-state index in [0.717, 1.165) is 0 Å². The molecule has 0 aliphatic heterocycles. The number of hydrogen-bond acceptors (Lipinski definition) is 3. The van der Waals surface area contributed by atoms with E-state index in [-0.39, 0.29) is 6.54 Å². The van der Waals surface area contributed by atoms with Crippen LogP contribution in [0.25, 0.3) is 0 Å². The van der Waals surface area contributed by atoms with Gasteiger partial charge in [0, 0.05) is 19.7 Å². The number of anilines is 2. The van der Waals surface area contributed by atoms with E-state index in [0.29, 0.717) is 17.1 Å². The van der Waals surface area contributed by atoms with Gasteiger partial charge in [-0.1, -0.05) is 0 Å².